The molecule has 5 nitrogen and oxygen atoms in total. The van der Waals surface area contributed by atoms with E-state index in [0.29, 0.717) is 12.5 Å². The Morgan fingerprint density at radius 2 is 2.00 bits per heavy atom. The lowest BCUT2D eigenvalue weighted by Gasteiger charge is -2.32. The number of likely N-dealkylation sites (tertiary alicyclic amines) is 1. The van der Waals surface area contributed by atoms with Crippen molar-refractivity contribution in [1.29, 1.82) is 0 Å². The monoisotopic (exact) mass is 376 g/mol. The quantitative estimate of drug-likeness (QED) is 0.590. The van der Waals surface area contributed by atoms with Crippen molar-refractivity contribution < 1.29 is 14.1 Å². The number of rotatable bonds is 4. The maximum atomic E-state index is 12.2. The molecule has 2 unspecified atom stereocenters. The Morgan fingerprint density at radius 1 is 1.35 bits per heavy atom. The maximum absolute atomic E-state index is 12.2. The molecule has 2 aliphatic rings. The topological polar surface area (TPSA) is 65.0 Å². The number of ether oxygens (including phenoxy) is 1. The molecule has 6 heteroatoms. The van der Waals surface area contributed by atoms with Crippen LogP contribution in [0, 0.1) is 11.3 Å². The van der Waals surface area contributed by atoms with Gasteiger partial charge in [-0.25, -0.2) is 4.79 Å². The van der Waals surface area contributed by atoms with E-state index in [1.807, 2.05) is 57.3 Å². The molecular formula is C20H28N2O3S. The molecule has 1 spiro atoms. The van der Waals surface area contributed by atoms with E-state index < -0.39 is 11.4 Å². The van der Waals surface area contributed by atoms with Crippen LogP contribution >= 0.6 is 0 Å². The van der Waals surface area contributed by atoms with Gasteiger partial charge in [0.15, 0.2) is 0 Å². The summed E-state index contributed by atoms with van der Waals surface area (Å²) in [5, 5.41) is 0. The van der Waals surface area contributed by atoms with Gasteiger partial charge in [0.05, 0.1) is 6.21 Å². The Balaban J connectivity index is 1.43. The smallest absolute Gasteiger partial charge is 0.410 e. The second-order valence-corrected chi connectivity index (χ2v) is 10.3. The molecule has 0 radical (unpaired) electrons. The first-order valence-electron chi connectivity index (χ1n) is 9.22. The molecule has 2 atom stereocenters. The molecule has 1 aliphatic heterocycles. The van der Waals surface area contributed by atoms with Crippen LogP contribution in [0.15, 0.2) is 34.7 Å². The zero-order valence-electron chi connectivity index (χ0n) is 15.8. The third-order valence-corrected chi connectivity index (χ3v) is 6.70. The fraction of sp³-hybridized carbons (Fsp3) is 0.600. The number of benzene rings is 1. The second-order valence-electron chi connectivity index (χ2n) is 8.32. The zero-order chi connectivity index (χ0) is 18.8. The molecule has 26 heavy (non-hydrogen) atoms. The van der Waals surface area contributed by atoms with E-state index in [-0.39, 0.29) is 16.3 Å². The van der Waals surface area contributed by atoms with Gasteiger partial charge in [-0.2, -0.15) is 0 Å². The molecular weight excluding hydrogens is 348 g/mol. The van der Waals surface area contributed by atoms with Gasteiger partial charge in [0.2, 0.25) is 0 Å². The Hall–Kier alpha value is -1.53. The van der Waals surface area contributed by atoms with Crippen LogP contribution in [0.25, 0.3) is 0 Å². The van der Waals surface area contributed by atoms with E-state index in [1.54, 1.807) is 4.90 Å². The van der Waals surface area contributed by atoms with Crippen molar-refractivity contribution in [3.05, 3.63) is 35.9 Å². The highest BCUT2D eigenvalue weighted by molar-refractivity contribution is 7.91. The summed E-state index contributed by atoms with van der Waals surface area (Å²) in [5.74, 6) is 0.399. The van der Waals surface area contributed by atoms with Crippen molar-refractivity contribution >= 4 is 23.7 Å². The van der Waals surface area contributed by atoms with Gasteiger partial charge in [-0.3, -0.25) is 0 Å². The number of nitrogens with zero attached hydrogens (tertiary/aromatic N) is 2. The van der Waals surface area contributed by atoms with Gasteiger partial charge in [0, 0.05) is 19.0 Å². The third kappa shape index (κ3) is 4.60. The molecule has 1 aliphatic carbocycles. The molecule has 1 heterocycles. The van der Waals surface area contributed by atoms with Crippen LogP contribution in [0.3, 0.4) is 0 Å². The van der Waals surface area contributed by atoms with Gasteiger partial charge in [0.1, 0.15) is 22.7 Å². The van der Waals surface area contributed by atoms with Crippen LogP contribution in [0.4, 0.5) is 4.79 Å². The van der Waals surface area contributed by atoms with Crippen molar-refractivity contribution in [1.82, 2.24) is 4.90 Å². The molecule has 142 valence electrons. The lowest BCUT2D eigenvalue weighted by molar-refractivity contribution is 0.0791. The van der Waals surface area contributed by atoms with Gasteiger partial charge in [-0.1, -0.05) is 34.7 Å². The van der Waals surface area contributed by atoms with Crippen LogP contribution < -0.4 is 0 Å². The number of amides is 1. The van der Waals surface area contributed by atoms with Gasteiger partial charge >= 0.3 is 6.09 Å². The molecule has 0 aromatic heterocycles. The first-order chi connectivity index (χ1) is 12.3. The summed E-state index contributed by atoms with van der Waals surface area (Å²) >= 11 is -1.19. The predicted molar refractivity (Wildman–Crippen MR) is 104 cm³/mol. The number of carbonyl (C=O) groups is 1. The van der Waals surface area contributed by atoms with Crippen molar-refractivity contribution in [2.24, 2.45) is 15.7 Å². The summed E-state index contributed by atoms with van der Waals surface area (Å²) < 4.78 is 21.4. The standard InChI is InChI=1S/C20H28N2O3S/c1-19(2,3)26(24)21-14-17-13-20(17)9-11-22(12-10-20)18(23)25-15-16-7-5-4-6-8-16/h4-8,14,17H,9-13,15H2,1-3H3. The van der Waals surface area contributed by atoms with Crippen molar-refractivity contribution in [2.45, 2.75) is 51.4 Å². The first kappa shape index (κ1) is 19.2. The fourth-order valence-electron chi connectivity index (χ4n) is 3.40. The highest BCUT2D eigenvalue weighted by Crippen LogP contribution is 2.58. The van der Waals surface area contributed by atoms with E-state index in [0.717, 1.165) is 37.9 Å². The number of carbonyl (C=O) groups excluding carboxylic acids is 1. The molecule has 0 bridgehead atoms. The maximum Gasteiger partial charge on any atom is 0.410 e. The minimum atomic E-state index is -1.19. The zero-order valence-corrected chi connectivity index (χ0v) is 16.6. The third-order valence-electron chi connectivity index (χ3n) is 5.34. The minimum absolute atomic E-state index is 0.233. The molecule has 1 amide bonds. The van der Waals surface area contributed by atoms with Crippen LogP contribution in [0.1, 0.15) is 45.6 Å². The molecule has 3 rings (SSSR count). The lowest BCUT2D eigenvalue weighted by Crippen LogP contribution is -2.40. The van der Waals surface area contributed by atoms with Crippen molar-refractivity contribution in [3.8, 4) is 0 Å². The van der Waals surface area contributed by atoms with Crippen molar-refractivity contribution in [2.75, 3.05) is 13.1 Å². The van der Waals surface area contributed by atoms with Crippen LogP contribution in [0.2, 0.25) is 0 Å². The van der Waals surface area contributed by atoms with Gasteiger partial charge in [0.25, 0.3) is 0 Å². The van der Waals surface area contributed by atoms with Gasteiger partial charge < -0.3 is 14.2 Å². The van der Waals surface area contributed by atoms with Crippen LogP contribution in [-0.4, -0.2) is 39.6 Å². The molecule has 0 N–H and O–H groups in total. The van der Waals surface area contributed by atoms with Crippen LogP contribution in [0.5, 0.6) is 0 Å². The van der Waals surface area contributed by atoms with Gasteiger partial charge in [-0.05, 0) is 51.0 Å². The summed E-state index contributed by atoms with van der Waals surface area (Å²) in [5.41, 5.74) is 1.25. The number of hydrogen-bond acceptors (Lipinski definition) is 4. The highest BCUT2D eigenvalue weighted by atomic mass is 32.2. The Kier molecular flexibility index (Phi) is 5.63. The van der Waals surface area contributed by atoms with Crippen LogP contribution in [-0.2, 0) is 22.7 Å². The minimum Gasteiger partial charge on any atom is -0.591 e. The summed E-state index contributed by atoms with van der Waals surface area (Å²) in [6.45, 7) is 7.56. The largest absolute Gasteiger partial charge is 0.591 e. The molecule has 1 saturated heterocycles. The van der Waals surface area contributed by atoms with E-state index >= 15 is 0 Å². The Morgan fingerprint density at radius 3 is 2.62 bits per heavy atom. The molecule has 1 aromatic rings. The van der Waals surface area contributed by atoms with Gasteiger partial charge in [-0.15, -0.1) is 0 Å². The number of piperidine rings is 1. The average Bonchev–Trinajstić information content (AvgIpc) is 3.30. The average molecular weight is 377 g/mol. The summed E-state index contributed by atoms with van der Waals surface area (Å²) in [6.07, 6.45) is 4.68. The lowest BCUT2D eigenvalue weighted by atomic mass is 9.91. The van der Waals surface area contributed by atoms with E-state index in [9.17, 15) is 9.35 Å². The summed E-state index contributed by atoms with van der Waals surface area (Å²) in [7, 11) is 0. The molecule has 1 saturated carbocycles. The highest BCUT2D eigenvalue weighted by Gasteiger charge is 2.55. The summed E-state index contributed by atoms with van der Waals surface area (Å²) in [4.78, 5) is 14.0. The molecule has 1 aromatic carbocycles. The Labute approximate surface area is 159 Å². The Bertz CT molecular complexity index is 649. The first-order valence-corrected chi connectivity index (χ1v) is 10.3. The predicted octanol–water partition coefficient (Wildman–Crippen LogP) is 3.96. The van der Waals surface area contributed by atoms with E-state index in [2.05, 4.69) is 4.40 Å². The van der Waals surface area contributed by atoms with E-state index in [1.165, 1.54) is 0 Å². The normalized spacial score (nSPS) is 23.2. The SMILES string of the molecule is CC(C)(C)[S+]([O-])N=CC1CC12CCN(C(=O)OCc1ccccc1)CC2. The second kappa shape index (κ2) is 7.61. The van der Waals surface area contributed by atoms with E-state index in [4.69, 9.17) is 4.74 Å². The fourth-order valence-corrected chi connectivity index (χ4v) is 3.97. The van der Waals surface area contributed by atoms with Crippen molar-refractivity contribution in [3.63, 3.8) is 0 Å². The number of hydrogen-bond donors (Lipinski definition) is 0. The summed E-state index contributed by atoms with van der Waals surface area (Å²) in [6, 6.07) is 9.73. The molecule has 2 fully saturated rings.